The minimum atomic E-state index is -4.28. The van der Waals surface area contributed by atoms with E-state index in [0.29, 0.717) is 0 Å². The highest BCUT2D eigenvalue weighted by Gasteiger charge is 2.27. The molecule has 1 heterocycles. The van der Waals surface area contributed by atoms with Crippen molar-refractivity contribution in [2.45, 2.75) is 11.3 Å². The highest BCUT2D eigenvalue weighted by Crippen LogP contribution is 2.36. The van der Waals surface area contributed by atoms with Crippen LogP contribution in [0.25, 0.3) is 0 Å². The van der Waals surface area contributed by atoms with Gasteiger partial charge in [0.05, 0.1) is 8.95 Å². The van der Waals surface area contributed by atoms with Gasteiger partial charge in [-0.3, -0.25) is 4.98 Å². The Bertz CT molecular complexity index is 494. The number of pyridine rings is 1. The molecule has 0 radical (unpaired) electrons. The number of nitrogens with zero attached hydrogens (tertiary/aromatic N) is 1. The van der Waals surface area contributed by atoms with Crippen molar-refractivity contribution in [3.05, 3.63) is 20.8 Å². The van der Waals surface area contributed by atoms with Crippen LogP contribution in [0.1, 0.15) is 12.1 Å². The molecule has 0 atom stereocenters. The molecule has 0 N–H and O–H groups in total. The second-order valence-corrected chi connectivity index (χ2v) is 6.52. The summed E-state index contributed by atoms with van der Waals surface area (Å²) in [5, 5.41) is 0. The number of alkyl halides is 2. The fraction of sp³-hybridized carbons (Fsp3) is 0.167. The largest absolute Gasteiger partial charge is 0.281 e. The minimum Gasteiger partial charge on any atom is -0.253 e. The quantitative estimate of drug-likeness (QED) is 0.733. The molecule has 9 heteroatoms. The molecule has 1 aromatic rings. The van der Waals surface area contributed by atoms with Crippen LogP contribution >= 0.6 is 42.5 Å². The fourth-order valence-corrected chi connectivity index (χ4v) is 3.69. The monoisotopic (exact) mass is 383 g/mol. The normalized spacial score (nSPS) is 12.1. The third-order valence-electron chi connectivity index (χ3n) is 1.41. The van der Waals surface area contributed by atoms with Crippen molar-refractivity contribution in [1.82, 2.24) is 4.98 Å². The lowest BCUT2D eigenvalue weighted by atomic mass is 10.3. The first-order valence-corrected chi connectivity index (χ1v) is 7.21. The molecule has 0 aliphatic heterocycles. The summed E-state index contributed by atoms with van der Waals surface area (Å²) >= 11 is 5.80. The van der Waals surface area contributed by atoms with E-state index in [9.17, 15) is 17.2 Å². The Morgan fingerprint density at radius 2 is 1.93 bits per heavy atom. The molecule has 0 aliphatic carbocycles. The Morgan fingerprint density at radius 1 is 1.40 bits per heavy atom. The van der Waals surface area contributed by atoms with E-state index < -0.39 is 26.1 Å². The molecule has 0 aliphatic rings. The van der Waals surface area contributed by atoms with Crippen molar-refractivity contribution < 1.29 is 17.2 Å². The molecule has 0 unspecified atom stereocenters. The van der Waals surface area contributed by atoms with Gasteiger partial charge in [0.2, 0.25) is 0 Å². The summed E-state index contributed by atoms with van der Waals surface area (Å²) in [4.78, 5) is 2.60. The number of halogens is 5. The number of rotatable bonds is 2. The Balaban J connectivity index is 3.65. The van der Waals surface area contributed by atoms with Gasteiger partial charge in [0, 0.05) is 16.9 Å². The van der Waals surface area contributed by atoms with Crippen molar-refractivity contribution >= 4 is 51.6 Å². The molecule has 15 heavy (non-hydrogen) atoms. The van der Waals surface area contributed by atoms with Crippen LogP contribution in [0.4, 0.5) is 8.78 Å². The third kappa shape index (κ3) is 2.86. The third-order valence-corrected chi connectivity index (χ3v) is 4.99. The molecule has 84 valence electrons. The Morgan fingerprint density at radius 3 is 2.33 bits per heavy atom. The summed E-state index contributed by atoms with van der Waals surface area (Å²) in [6.45, 7) is 0. The smallest absolute Gasteiger partial charge is 0.253 e. The van der Waals surface area contributed by atoms with E-state index in [2.05, 4.69) is 36.8 Å². The molecular formula is C6H2Br2ClF2NO2S. The van der Waals surface area contributed by atoms with E-state index in [1.165, 1.54) is 0 Å². The molecule has 0 spiro atoms. The highest BCUT2D eigenvalue weighted by molar-refractivity contribution is 9.13. The highest BCUT2D eigenvalue weighted by atomic mass is 79.9. The van der Waals surface area contributed by atoms with Crippen molar-refractivity contribution in [3.8, 4) is 0 Å². The standard InChI is InChI=1S/C6H2Br2ClF2NO2S/c7-2-1-12-4(6(10)11)5(3(2)8)15(9,13)14/h1,6H. The van der Waals surface area contributed by atoms with Crippen LogP contribution in [0.5, 0.6) is 0 Å². The first kappa shape index (κ1) is 13.3. The molecule has 1 aromatic heterocycles. The van der Waals surface area contributed by atoms with Crippen LogP contribution in [0, 0.1) is 0 Å². The second-order valence-electron chi connectivity index (χ2n) is 2.37. The zero-order valence-electron chi connectivity index (χ0n) is 6.72. The van der Waals surface area contributed by atoms with E-state index in [1.807, 2.05) is 0 Å². The van der Waals surface area contributed by atoms with Crippen LogP contribution in [-0.4, -0.2) is 13.4 Å². The Hall–Kier alpha value is 0.210. The van der Waals surface area contributed by atoms with Gasteiger partial charge in [-0.1, -0.05) is 0 Å². The molecule has 0 amide bonds. The average Bonchev–Trinajstić information content (AvgIpc) is 2.06. The Labute approximate surface area is 106 Å². The van der Waals surface area contributed by atoms with Crippen LogP contribution in [0.2, 0.25) is 0 Å². The number of hydrogen-bond acceptors (Lipinski definition) is 3. The lowest BCUT2D eigenvalue weighted by molar-refractivity contribution is 0.142. The molecule has 0 bridgehead atoms. The van der Waals surface area contributed by atoms with E-state index in [1.54, 1.807) is 0 Å². The average molecular weight is 385 g/mol. The molecule has 0 saturated heterocycles. The summed E-state index contributed by atoms with van der Waals surface area (Å²) in [5.41, 5.74) is -0.875. The van der Waals surface area contributed by atoms with Crippen LogP contribution in [0.15, 0.2) is 20.0 Å². The SMILES string of the molecule is O=S(=O)(Cl)c1c(C(F)F)ncc(Br)c1Br. The van der Waals surface area contributed by atoms with E-state index >= 15 is 0 Å². The predicted octanol–water partition coefficient (Wildman–Crippen LogP) is 3.47. The van der Waals surface area contributed by atoms with Crippen molar-refractivity contribution in [1.29, 1.82) is 0 Å². The first-order chi connectivity index (χ1) is 6.75. The van der Waals surface area contributed by atoms with Gasteiger partial charge in [0.25, 0.3) is 15.5 Å². The van der Waals surface area contributed by atoms with E-state index in [-0.39, 0.29) is 8.95 Å². The number of aromatic nitrogens is 1. The Kier molecular flexibility index (Phi) is 4.07. The predicted molar refractivity (Wildman–Crippen MR) is 57.6 cm³/mol. The molecule has 3 nitrogen and oxygen atoms in total. The summed E-state index contributed by atoms with van der Waals surface area (Å²) in [7, 11) is 0.754. The first-order valence-electron chi connectivity index (χ1n) is 3.32. The van der Waals surface area contributed by atoms with Gasteiger partial charge in [-0.2, -0.15) is 0 Å². The van der Waals surface area contributed by atoms with Crippen LogP contribution in [-0.2, 0) is 9.05 Å². The van der Waals surface area contributed by atoms with Gasteiger partial charge in [0.1, 0.15) is 10.6 Å². The maximum absolute atomic E-state index is 12.4. The minimum absolute atomic E-state index is 0.0669. The molecule has 0 aromatic carbocycles. The number of hydrogen-bond donors (Lipinski definition) is 0. The summed E-state index contributed by atoms with van der Waals surface area (Å²) < 4.78 is 47.2. The summed E-state index contributed by atoms with van der Waals surface area (Å²) in [6, 6.07) is 0. The van der Waals surface area contributed by atoms with Crippen LogP contribution in [0.3, 0.4) is 0 Å². The van der Waals surface area contributed by atoms with Crippen molar-refractivity contribution in [2.75, 3.05) is 0 Å². The van der Waals surface area contributed by atoms with Crippen molar-refractivity contribution in [3.63, 3.8) is 0 Å². The van der Waals surface area contributed by atoms with Gasteiger partial charge in [-0.05, 0) is 31.9 Å². The second kappa shape index (κ2) is 4.60. The van der Waals surface area contributed by atoms with Gasteiger partial charge < -0.3 is 0 Å². The van der Waals surface area contributed by atoms with E-state index in [4.69, 9.17) is 10.7 Å². The zero-order valence-corrected chi connectivity index (χ0v) is 11.5. The van der Waals surface area contributed by atoms with E-state index in [0.717, 1.165) is 6.20 Å². The molecule has 1 rings (SSSR count). The zero-order chi connectivity index (χ0) is 11.8. The van der Waals surface area contributed by atoms with Crippen molar-refractivity contribution in [2.24, 2.45) is 0 Å². The van der Waals surface area contributed by atoms with Gasteiger partial charge in [0.15, 0.2) is 0 Å². The van der Waals surface area contributed by atoms with Crippen LogP contribution < -0.4 is 0 Å². The maximum atomic E-state index is 12.4. The molecule has 0 fully saturated rings. The molecular weight excluding hydrogens is 383 g/mol. The fourth-order valence-electron chi connectivity index (χ4n) is 0.850. The summed E-state index contributed by atoms with van der Waals surface area (Å²) in [6.07, 6.45) is -1.95. The van der Waals surface area contributed by atoms with Gasteiger partial charge >= 0.3 is 0 Å². The van der Waals surface area contributed by atoms with Gasteiger partial charge in [-0.15, -0.1) is 0 Å². The van der Waals surface area contributed by atoms with Gasteiger partial charge in [-0.25, -0.2) is 17.2 Å². The topological polar surface area (TPSA) is 47.0 Å². The lowest BCUT2D eigenvalue weighted by Crippen LogP contribution is -2.03. The molecule has 0 saturated carbocycles. The maximum Gasteiger partial charge on any atom is 0.281 e. The lowest BCUT2D eigenvalue weighted by Gasteiger charge is -2.07. The summed E-state index contributed by atoms with van der Waals surface area (Å²) in [5.74, 6) is 0.